The van der Waals surface area contributed by atoms with Crippen molar-refractivity contribution < 1.29 is 9.59 Å². The molecule has 0 radical (unpaired) electrons. The van der Waals surface area contributed by atoms with Crippen LogP contribution in [0.15, 0.2) is 0 Å². The van der Waals surface area contributed by atoms with Crippen LogP contribution in [-0.2, 0) is 9.59 Å². The molecule has 0 aliphatic carbocycles. The van der Waals surface area contributed by atoms with Crippen LogP contribution in [-0.4, -0.2) is 19.3 Å². The molecule has 0 aliphatic rings. The smallest absolute Gasteiger partial charge is 0.140 e. The Balaban J connectivity index is 4.27. The molecule has 0 aromatic carbocycles. The van der Waals surface area contributed by atoms with E-state index in [1.165, 1.54) is 12.8 Å². The lowest BCUT2D eigenvalue weighted by Gasteiger charge is -2.41. The SMILES string of the molecule is CCC(=O)CC(C)CCCCCCC(=O)[Si](C(C)C)(C(C)C)C(C)C. The van der Waals surface area contributed by atoms with Crippen LogP contribution < -0.4 is 0 Å². The van der Waals surface area contributed by atoms with Gasteiger partial charge in [-0.1, -0.05) is 81.1 Å². The van der Waals surface area contributed by atoms with E-state index in [2.05, 4.69) is 48.5 Å². The summed E-state index contributed by atoms with van der Waals surface area (Å²) in [5, 5.41) is 0.606. The minimum absolute atomic E-state index is 0.385. The van der Waals surface area contributed by atoms with Crippen molar-refractivity contribution in [3.8, 4) is 0 Å². The average Bonchev–Trinajstić information content (AvgIpc) is 2.49. The van der Waals surface area contributed by atoms with Crippen molar-refractivity contribution in [1.29, 1.82) is 0 Å². The van der Waals surface area contributed by atoms with Crippen LogP contribution in [0.4, 0.5) is 0 Å². The first-order chi connectivity index (χ1) is 11.6. The van der Waals surface area contributed by atoms with Gasteiger partial charge in [-0.2, -0.15) is 0 Å². The van der Waals surface area contributed by atoms with E-state index in [1.807, 2.05) is 6.92 Å². The first-order valence-corrected chi connectivity index (χ1v) is 12.9. The Morgan fingerprint density at radius 2 is 1.24 bits per heavy atom. The van der Waals surface area contributed by atoms with E-state index in [0.29, 0.717) is 40.2 Å². The van der Waals surface area contributed by atoms with Crippen molar-refractivity contribution in [2.24, 2.45) is 5.92 Å². The Morgan fingerprint density at radius 1 is 0.760 bits per heavy atom. The van der Waals surface area contributed by atoms with Crippen LogP contribution in [0.1, 0.15) is 107 Å². The van der Waals surface area contributed by atoms with Crippen LogP contribution in [0.3, 0.4) is 0 Å². The maximum atomic E-state index is 13.1. The van der Waals surface area contributed by atoms with Crippen LogP contribution in [0.25, 0.3) is 0 Å². The van der Waals surface area contributed by atoms with Gasteiger partial charge in [0.25, 0.3) is 0 Å². The first-order valence-electron chi connectivity index (χ1n) is 10.6. The predicted molar refractivity (Wildman–Crippen MR) is 113 cm³/mol. The molecule has 0 rings (SSSR count). The normalized spacial score (nSPS) is 13.7. The highest BCUT2D eigenvalue weighted by Gasteiger charge is 2.48. The van der Waals surface area contributed by atoms with Crippen molar-refractivity contribution in [2.45, 2.75) is 123 Å². The van der Waals surface area contributed by atoms with Gasteiger partial charge in [-0.05, 0) is 29.0 Å². The minimum Gasteiger partial charge on any atom is -0.305 e. The largest absolute Gasteiger partial charge is 0.305 e. The zero-order valence-corrected chi connectivity index (χ0v) is 19.3. The van der Waals surface area contributed by atoms with E-state index < -0.39 is 8.07 Å². The van der Waals surface area contributed by atoms with Gasteiger partial charge in [0.05, 0.1) is 0 Å². The highest BCUT2D eigenvalue weighted by molar-refractivity contribution is 7.08. The molecule has 1 atom stereocenters. The number of ketones is 1. The summed E-state index contributed by atoms with van der Waals surface area (Å²) in [5.74, 6) is 0.896. The van der Waals surface area contributed by atoms with E-state index in [4.69, 9.17) is 0 Å². The molecular weight excluding hydrogens is 324 g/mol. The lowest BCUT2D eigenvalue weighted by atomic mass is 9.96. The van der Waals surface area contributed by atoms with Crippen LogP contribution >= 0.6 is 0 Å². The number of Topliss-reactive ketones (excluding diaryl/α,β-unsaturated/α-hetero) is 1. The van der Waals surface area contributed by atoms with Crippen LogP contribution in [0, 0.1) is 5.92 Å². The Morgan fingerprint density at radius 3 is 1.68 bits per heavy atom. The third-order valence-electron chi connectivity index (χ3n) is 6.17. The molecule has 0 spiro atoms. The average molecular weight is 369 g/mol. The number of unbranched alkanes of at least 4 members (excludes halogenated alkanes) is 3. The van der Waals surface area contributed by atoms with Crippen LogP contribution in [0.2, 0.25) is 16.6 Å². The zero-order valence-electron chi connectivity index (χ0n) is 18.3. The molecule has 0 aromatic heterocycles. The highest BCUT2D eigenvalue weighted by Crippen LogP contribution is 2.42. The van der Waals surface area contributed by atoms with E-state index >= 15 is 0 Å². The first kappa shape index (κ1) is 24.6. The summed E-state index contributed by atoms with van der Waals surface area (Å²) in [6.45, 7) is 17.7. The van der Waals surface area contributed by atoms with Gasteiger partial charge in [0.1, 0.15) is 19.3 Å². The summed E-state index contributed by atoms with van der Waals surface area (Å²) >= 11 is 0. The Hall–Kier alpha value is -0.443. The molecule has 1 unspecified atom stereocenters. The van der Waals surface area contributed by atoms with Crippen molar-refractivity contribution in [1.82, 2.24) is 0 Å². The molecule has 25 heavy (non-hydrogen) atoms. The third kappa shape index (κ3) is 7.36. The molecule has 0 saturated carbocycles. The molecule has 0 heterocycles. The second-order valence-corrected chi connectivity index (χ2v) is 14.9. The zero-order chi connectivity index (χ0) is 19.6. The van der Waals surface area contributed by atoms with Crippen LogP contribution in [0.5, 0.6) is 0 Å². The third-order valence-corrected chi connectivity index (χ3v) is 13.1. The minimum atomic E-state index is -1.92. The van der Waals surface area contributed by atoms with Gasteiger partial charge < -0.3 is 4.79 Å². The Kier molecular flexibility index (Phi) is 11.8. The molecular formula is C22H44O2Si. The van der Waals surface area contributed by atoms with Gasteiger partial charge >= 0.3 is 0 Å². The quantitative estimate of drug-likeness (QED) is 0.241. The van der Waals surface area contributed by atoms with Gasteiger partial charge in [-0.3, -0.25) is 4.79 Å². The second-order valence-electron chi connectivity index (χ2n) is 8.97. The van der Waals surface area contributed by atoms with E-state index in [1.54, 1.807) is 0 Å². The molecule has 0 aromatic rings. The summed E-state index contributed by atoms with van der Waals surface area (Å²) in [6, 6.07) is 0. The fourth-order valence-electron chi connectivity index (χ4n) is 4.95. The van der Waals surface area contributed by atoms with Gasteiger partial charge in [0.15, 0.2) is 0 Å². The van der Waals surface area contributed by atoms with Gasteiger partial charge in [0.2, 0.25) is 0 Å². The topological polar surface area (TPSA) is 34.1 Å². The highest BCUT2D eigenvalue weighted by atomic mass is 28.3. The standard InChI is InChI=1S/C22H44O2Si/c1-9-21(23)16-20(8)14-12-10-11-13-15-22(24)25(17(2)3,18(4)5)19(6)7/h17-20H,9-16H2,1-8H3. The van der Waals surface area contributed by atoms with Gasteiger partial charge in [-0.25, -0.2) is 0 Å². The van der Waals surface area contributed by atoms with Crippen molar-refractivity contribution >= 4 is 19.3 Å². The summed E-state index contributed by atoms with van der Waals surface area (Å²) in [5.41, 5.74) is 1.57. The molecule has 0 aliphatic heterocycles. The molecule has 0 N–H and O–H groups in total. The number of carbonyl (C=O) groups excluding carboxylic acids is 2. The predicted octanol–water partition coefficient (Wildman–Crippen LogP) is 7.12. The lowest BCUT2D eigenvalue weighted by molar-refractivity contribution is -0.119. The number of carbonyl (C=O) groups is 2. The van der Waals surface area contributed by atoms with Crippen molar-refractivity contribution in [3.05, 3.63) is 0 Å². The summed E-state index contributed by atoms with van der Waals surface area (Å²) in [7, 11) is -1.92. The van der Waals surface area contributed by atoms with Gasteiger partial charge in [-0.15, -0.1) is 0 Å². The van der Waals surface area contributed by atoms with E-state index in [-0.39, 0.29) is 0 Å². The summed E-state index contributed by atoms with van der Waals surface area (Å²) < 4.78 is 0. The number of rotatable bonds is 14. The Bertz CT molecular complexity index is 377. The number of hydrogen-bond donors (Lipinski definition) is 0. The van der Waals surface area contributed by atoms with Crippen molar-refractivity contribution in [3.63, 3.8) is 0 Å². The fourth-order valence-corrected chi connectivity index (χ4v) is 11.5. The molecule has 2 nitrogen and oxygen atoms in total. The second kappa shape index (κ2) is 12.0. The number of hydrogen-bond acceptors (Lipinski definition) is 2. The fraction of sp³-hybridized carbons (Fsp3) is 0.909. The molecule has 3 heteroatoms. The Labute approximate surface area is 158 Å². The lowest BCUT2D eigenvalue weighted by Crippen LogP contribution is -2.52. The van der Waals surface area contributed by atoms with Crippen molar-refractivity contribution in [2.75, 3.05) is 0 Å². The maximum Gasteiger partial charge on any atom is 0.140 e. The van der Waals surface area contributed by atoms with E-state index in [9.17, 15) is 9.59 Å². The molecule has 148 valence electrons. The molecule has 0 fully saturated rings. The monoisotopic (exact) mass is 368 g/mol. The maximum absolute atomic E-state index is 13.1. The van der Waals surface area contributed by atoms with E-state index in [0.717, 1.165) is 32.1 Å². The summed E-state index contributed by atoms with van der Waals surface area (Å²) in [4.78, 5) is 24.6. The summed E-state index contributed by atoms with van der Waals surface area (Å²) in [6.07, 6.45) is 7.90. The molecule has 0 saturated heterocycles. The molecule has 0 bridgehead atoms. The molecule has 0 amide bonds. The van der Waals surface area contributed by atoms with Gasteiger partial charge in [0, 0.05) is 19.3 Å².